The molecule has 0 amide bonds. The quantitative estimate of drug-likeness (QED) is 0.770. The molecule has 0 spiro atoms. The van der Waals surface area contributed by atoms with Crippen LogP contribution in [0.1, 0.15) is 5.56 Å². The van der Waals surface area contributed by atoms with Gasteiger partial charge >= 0.3 is 0 Å². The molecule has 1 N–H and O–H groups in total. The Hall–Kier alpha value is -1.89. The van der Waals surface area contributed by atoms with Crippen molar-refractivity contribution in [3.8, 4) is 0 Å². The second kappa shape index (κ2) is 6.31. The number of aryl methyl sites for hydroxylation is 1. The summed E-state index contributed by atoms with van der Waals surface area (Å²) in [5, 5.41) is 0.218. The molecule has 1 aromatic heterocycles. The van der Waals surface area contributed by atoms with Crippen LogP contribution in [0.25, 0.3) is 11.0 Å². The van der Waals surface area contributed by atoms with E-state index in [4.69, 9.17) is 11.6 Å². The Morgan fingerprint density at radius 1 is 1.22 bits per heavy atom. The molecule has 0 radical (unpaired) electrons. The molecule has 3 aromatic rings. The molecule has 120 valence electrons. The molecular formula is C16H16ClN3O2S. The molecule has 0 saturated heterocycles. The van der Waals surface area contributed by atoms with Gasteiger partial charge in [-0.1, -0.05) is 29.8 Å². The van der Waals surface area contributed by atoms with Gasteiger partial charge in [0.25, 0.3) is 0 Å². The molecule has 0 saturated carbocycles. The molecule has 3 rings (SSSR count). The van der Waals surface area contributed by atoms with Crippen LogP contribution in [0, 0.1) is 0 Å². The summed E-state index contributed by atoms with van der Waals surface area (Å²) < 4.78 is 29.0. The minimum atomic E-state index is -3.60. The first-order chi connectivity index (χ1) is 11.0. The van der Waals surface area contributed by atoms with Crippen LogP contribution in [0.4, 0.5) is 0 Å². The van der Waals surface area contributed by atoms with Gasteiger partial charge in [-0.25, -0.2) is 18.1 Å². The fourth-order valence-electron chi connectivity index (χ4n) is 2.41. The van der Waals surface area contributed by atoms with Gasteiger partial charge in [0, 0.05) is 13.6 Å². The lowest BCUT2D eigenvalue weighted by molar-refractivity contribution is 0.581. The minimum Gasteiger partial charge on any atom is -0.334 e. The van der Waals surface area contributed by atoms with E-state index in [0.29, 0.717) is 13.0 Å². The predicted molar refractivity (Wildman–Crippen MR) is 91.1 cm³/mol. The lowest BCUT2D eigenvalue weighted by Crippen LogP contribution is -2.26. The Labute approximate surface area is 140 Å². The van der Waals surface area contributed by atoms with E-state index in [-0.39, 0.29) is 9.92 Å². The maximum absolute atomic E-state index is 12.2. The highest BCUT2D eigenvalue weighted by Gasteiger charge is 2.16. The van der Waals surface area contributed by atoms with Crippen molar-refractivity contribution in [1.29, 1.82) is 0 Å². The van der Waals surface area contributed by atoms with Crippen LogP contribution in [0.15, 0.2) is 53.7 Å². The van der Waals surface area contributed by atoms with E-state index in [9.17, 15) is 8.42 Å². The fourth-order valence-corrected chi connectivity index (χ4v) is 3.96. The van der Waals surface area contributed by atoms with Gasteiger partial charge in [-0.3, -0.25) is 0 Å². The normalized spacial score (nSPS) is 11.9. The lowest BCUT2D eigenvalue weighted by atomic mass is 10.1. The predicted octanol–water partition coefficient (Wildman–Crippen LogP) is 2.75. The number of nitrogens with zero attached hydrogens (tertiary/aromatic N) is 2. The third-order valence-corrected chi connectivity index (χ3v) is 5.58. The minimum absolute atomic E-state index is 0.0989. The SMILES string of the molecule is Cn1cnc2cc(CCNS(=O)(=O)c3ccccc3Cl)ccc21. The van der Waals surface area contributed by atoms with Crippen molar-refractivity contribution < 1.29 is 8.42 Å². The third kappa shape index (κ3) is 3.39. The number of halogens is 1. The zero-order chi connectivity index (χ0) is 16.4. The average molecular weight is 350 g/mol. The lowest BCUT2D eigenvalue weighted by Gasteiger charge is -2.08. The number of fused-ring (bicyclic) bond motifs is 1. The number of aromatic nitrogens is 2. The number of hydrogen-bond donors (Lipinski definition) is 1. The van der Waals surface area contributed by atoms with E-state index in [1.54, 1.807) is 24.5 Å². The summed E-state index contributed by atoms with van der Waals surface area (Å²) in [6.45, 7) is 0.298. The van der Waals surface area contributed by atoms with Gasteiger partial charge in [-0.15, -0.1) is 0 Å². The molecule has 23 heavy (non-hydrogen) atoms. The van der Waals surface area contributed by atoms with Crippen LogP contribution in [0.3, 0.4) is 0 Å². The van der Waals surface area contributed by atoms with Crippen molar-refractivity contribution >= 4 is 32.7 Å². The van der Waals surface area contributed by atoms with Crippen LogP contribution < -0.4 is 4.72 Å². The first kappa shape index (κ1) is 16.0. The highest BCUT2D eigenvalue weighted by Crippen LogP contribution is 2.20. The maximum atomic E-state index is 12.2. The Balaban J connectivity index is 1.69. The van der Waals surface area contributed by atoms with Crippen molar-refractivity contribution in [2.24, 2.45) is 7.05 Å². The molecule has 0 aliphatic rings. The van der Waals surface area contributed by atoms with E-state index >= 15 is 0 Å². The molecule has 0 aliphatic carbocycles. The van der Waals surface area contributed by atoms with Gasteiger partial charge in [0.2, 0.25) is 10.0 Å². The Bertz CT molecular complexity index is 951. The van der Waals surface area contributed by atoms with Crippen molar-refractivity contribution in [2.75, 3.05) is 6.54 Å². The standard InChI is InChI=1S/C16H16ClN3O2S/c1-20-11-18-14-10-12(6-7-15(14)20)8-9-19-23(21,22)16-5-3-2-4-13(16)17/h2-7,10-11,19H,8-9H2,1H3. The molecule has 0 bridgehead atoms. The van der Waals surface area contributed by atoms with E-state index in [2.05, 4.69) is 9.71 Å². The topological polar surface area (TPSA) is 64.0 Å². The van der Waals surface area contributed by atoms with Gasteiger partial charge in [0.15, 0.2) is 0 Å². The van der Waals surface area contributed by atoms with Crippen LogP contribution in [0.5, 0.6) is 0 Å². The number of imidazole rings is 1. The number of benzene rings is 2. The average Bonchev–Trinajstić information content (AvgIpc) is 2.88. The van der Waals surface area contributed by atoms with Gasteiger partial charge < -0.3 is 4.57 Å². The van der Waals surface area contributed by atoms with Crippen molar-refractivity contribution in [3.63, 3.8) is 0 Å². The Morgan fingerprint density at radius 3 is 2.78 bits per heavy atom. The zero-order valence-electron chi connectivity index (χ0n) is 12.5. The number of sulfonamides is 1. The second-order valence-corrected chi connectivity index (χ2v) is 7.40. The van der Waals surface area contributed by atoms with Crippen molar-refractivity contribution in [1.82, 2.24) is 14.3 Å². The van der Waals surface area contributed by atoms with E-state index in [1.807, 2.05) is 29.8 Å². The molecule has 0 fully saturated rings. The Morgan fingerprint density at radius 2 is 2.00 bits per heavy atom. The molecule has 0 atom stereocenters. The molecule has 1 heterocycles. The molecule has 0 aliphatic heterocycles. The van der Waals surface area contributed by atoms with Gasteiger partial charge in [0.1, 0.15) is 4.90 Å². The summed E-state index contributed by atoms with van der Waals surface area (Å²) in [4.78, 5) is 4.40. The number of nitrogens with one attached hydrogen (secondary N) is 1. The molecular weight excluding hydrogens is 334 g/mol. The van der Waals surface area contributed by atoms with Gasteiger partial charge in [-0.05, 0) is 36.2 Å². The monoisotopic (exact) mass is 349 g/mol. The summed E-state index contributed by atoms with van der Waals surface area (Å²) in [5.74, 6) is 0. The Kier molecular flexibility index (Phi) is 4.39. The van der Waals surface area contributed by atoms with Crippen LogP contribution >= 0.6 is 11.6 Å². The maximum Gasteiger partial charge on any atom is 0.242 e. The van der Waals surface area contributed by atoms with E-state index < -0.39 is 10.0 Å². The number of rotatable bonds is 5. The molecule has 0 unspecified atom stereocenters. The third-order valence-electron chi connectivity index (χ3n) is 3.62. The summed E-state index contributed by atoms with van der Waals surface area (Å²) in [7, 11) is -1.66. The highest BCUT2D eigenvalue weighted by molar-refractivity contribution is 7.89. The largest absolute Gasteiger partial charge is 0.334 e. The first-order valence-corrected chi connectivity index (χ1v) is 8.98. The highest BCUT2D eigenvalue weighted by atomic mass is 35.5. The van der Waals surface area contributed by atoms with Crippen molar-refractivity contribution in [3.05, 3.63) is 59.4 Å². The molecule has 5 nitrogen and oxygen atoms in total. The summed E-state index contributed by atoms with van der Waals surface area (Å²) >= 11 is 5.94. The van der Waals surface area contributed by atoms with Crippen LogP contribution in [0.2, 0.25) is 5.02 Å². The smallest absolute Gasteiger partial charge is 0.242 e. The van der Waals surface area contributed by atoms with Crippen molar-refractivity contribution in [2.45, 2.75) is 11.3 Å². The van der Waals surface area contributed by atoms with E-state index in [0.717, 1.165) is 16.6 Å². The summed E-state index contributed by atoms with van der Waals surface area (Å²) in [5.41, 5.74) is 2.97. The number of hydrogen-bond acceptors (Lipinski definition) is 3. The summed E-state index contributed by atoms with van der Waals surface area (Å²) in [6, 6.07) is 12.3. The fraction of sp³-hybridized carbons (Fsp3) is 0.188. The first-order valence-electron chi connectivity index (χ1n) is 7.11. The second-order valence-electron chi connectivity index (χ2n) is 5.26. The molecule has 2 aromatic carbocycles. The summed E-state index contributed by atoms with van der Waals surface area (Å²) in [6.07, 6.45) is 2.34. The van der Waals surface area contributed by atoms with Crippen LogP contribution in [-0.4, -0.2) is 24.5 Å². The van der Waals surface area contributed by atoms with Gasteiger partial charge in [0.05, 0.1) is 22.4 Å². The zero-order valence-corrected chi connectivity index (χ0v) is 14.1. The van der Waals surface area contributed by atoms with E-state index in [1.165, 1.54) is 6.07 Å². The van der Waals surface area contributed by atoms with Crippen LogP contribution in [-0.2, 0) is 23.5 Å². The molecule has 7 heteroatoms. The van der Waals surface area contributed by atoms with Gasteiger partial charge in [-0.2, -0.15) is 0 Å².